The molecule has 0 spiro atoms. The molecule has 0 saturated carbocycles. The summed E-state index contributed by atoms with van der Waals surface area (Å²) < 4.78 is 0. The Morgan fingerprint density at radius 2 is 1.56 bits per heavy atom. The van der Waals surface area contributed by atoms with Gasteiger partial charge in [0.1, 0.15) is 0 Å². The fourth-order valence-corrected chi connectivity index (χ4v) is 3.77. The molecule has 1 aliphatic rings. The molecule has 1 saturated heterocycles. The zero-order valence-corrected chi connectivity index (χ0v) is 15.8. The first-order valence-electron chi connectivity index (χ1n) is 9.92. The predicted octanol–water partition coefficient (Wildman–Crippen LogP) is 4.91. The van der Waals surface area contributed by atoms with E-state index in [1.807, 2.05) is 12.1 Å². The van der Waals surface area contributed by atoms with Gasteiger partial charge in [-0.15, -0.1) is 0 Å². The van der Waals surface area contributed by atoms with Crippen LogP contribution in [0.1, 0.15) is 24.0 Å². The highest BCUT2D eigenvalue weighted by molar-refractivity contribution is 5.62. The smallest absolute Gasteiger partial charge is 0.0233 e. The molecule has 2 heteroatoms. The third-order valence-electron chi connectivity index (χ3n) is 5.41. The lowest BCUT2D eigenvalue weighted by Crippen LogP contribution is -2.41. The molecule has 1 heterocycles. The Labute approximate surface area is 162 Å². The highest BCUT2D eigenvalue weighted by atomic mass is 15.1. The molecular formula is C25H27N2. The largest absolute Gasteiger partial charge is 0.310 e. The Kier molecular flexibility index (Phi) is 5.98. The van der Waals surface area contributed by atoms with E-state index in [0.717, 1.165) is 18.7 Å². The Hall–Kier alpha value is -2.42. The molecule has 0 aliphatic carbocycles. The Morgan fingerprint density at radius 3 is 2.26 bits per heavy atom. The van der Waals surface area contributed by atoms with Gasteiger partial charge >= 0.3 is 0 Å². The number of likely N-dealkylation sites (tertiary alicyclic amines) is 1. The van der Waals surface area contributed by atoms with Gasteiger partial charge < -0.3 is 5.32 Å². The van der Waals surface area contributed by atoms with Crippen molar-refractivity contribution in [3.05, 3.63) is 96.1 Å². The Morgan fingerprint density at radius 1 is 0.815 bits per heavy atom. The number of rotatable bonds is 6. The van der Waals surface area contributed by atoms with E-state index in [1.165, 1.54) is 42.6 Å². The van der Waals surface area contributed by atoms with Crippen LogP contribution >= 0.6 is 0 Å². The second-order valence-electron chi connectivity index (χ2n) is 7.39. The molecule has 0 bridgehead atoms. The van der Waals surface area contributed by atoms with Gasteiger partial charge in [0.25, 0.3) is 0 Å². The van der Waals surface area contributed by atoms with E-state index in [-0.39, 0.29) is 0 Å². The molecule has 0 amide bonds. The van der Waals surface area contributed by atoms with Crippen molar-refractivity contribution in [1.82, 2.24) is 10.2 Å². The summed E-state index contributed by atoms with van der Waals surface area (Å²) in [5, 5.41) is 3.72. The first-order chi connectivity index (χ1) is 13.4. The number of piperidine rings is 1. The molecule has 4 rings (SSSR count). The quantitative estimate of drug-likeness (QED) is 0.676. The van der Waals surface area contributed by atoms with Gasteiger partial charge in [-0.25, -0.2) is 0 Å². The van der Waals surface area contributed by atoms with Crippen molar-refractivity contribution in [1.29, 1.82) is 0 Å². The highest BCUT2D eigenvalue weighted by Gasteiger charge is 2.18. The molecule has 3 aromatic carbocycles. The molecule has 0 unspecified atom stereocenters. The van der Waals surface area contributed by atoms with Gasteiger partial charge in [-0.1, -0.05) is 78.9 Å². The zero-order valence-electron chi connectivity index (χ0n) is 15.8. The molecule has 137 valence electrons. The van der Waals surface area contributed by atoms with E-state index in [2.05, 4.69) is 83.0 Å². The van der Waals surface area contributed by atoms with E-state index in [0.29, 0.717) is 6.04 Å². The van der Waals surface area contributed by atoms with Crippen LogP contribution in [0.4, 0.5) is 0 Å². The van der Waals surface area contributed by atoms with Gasteiger partial charge in [0, 0.05) is 19.1 Å². The van der Waals surface area contributed by atoms with Crippen molar-refractivity contribution in [2.24, 2.45) is 0 Å². The van der Waals surface area contributed by atoms with Crippen LogP contribution in [-0.4, -0.2) is 24.0 Å². The minimum atomic E-state index is 0.637. The summed E-state index contributed by atoms with van der Waals surface area (Å²) in [6.45, 7) is 4.36. The lowest BCUT2D eigenvalue weighted by Gasteiger charge is -2.32. The van der Waals surface area contributed by atoms with Crippen molar-refractivity contribution >= 4 is 0 Å². The van der Waals surface area contributed by atoms with Crippen LogP contribution in [0.2, 0.25) is 0 Å². The molecule has 1 radical (unpaired) electrons. The maximum Gasteiger partial charge on any atom is 0.0233 e. The number of hydrogen-bond acceptors (Lipinski definition) is 2. The molecular weight excluding hydrogens is 328 g/mol. The fraction of sp³-hybridized carbons (Fsp3) is 0.280. The van der Waals surface area contributed by atoms with Crippen LogP contribution in [-0.2, 0) is 13.1 Å². The van der Waals surface area contributed by atoms with Crippen LogP contribution in [0.5, 0.6) is 0 Å². The second kappa shape index (κ2) is 8.98. The minimum Gasteiger partial charge on any atom is -0.310 e. The van der Waals surface area contributed by atoms with Crippen molar-refractivity contribution in [2.75, 3.05) is 13.1 Å². The van der Waals surface area contributed by atoms with Crippen LogP contribution in [0.3, 0.4) is 0 Å². The maximum absolute atomic E-state index is 3.72. The highest BCUT2D eigenvalue weighted by Crippen LogP contribution is 2.20. The van der Waals surface area contributed by atoms with Gasteiger partial charge in [-0.2, -0.15) is 0 Å². The number of benzene rings is 3. The van der Waals surface area contributed by atoms with Crippen molar-refractivity contribution in [2.45, 2.75) is 32.0 Å². The van der Waals surface area contributed by atoms with Crippen LogP contribution in [0.25, 0.3) is 11.1 Å². The topological polar surface area (TPSA) is 15.3 Å². The van der Waals surface area contributed by atoms with E-state index < -0.39 is 0 Å². The fourth-order valence-electron chi connectivity index (χ4n) is 3.77. The standard InChI is InChI=1S/C25H27N2/c1-3-7-21(8-4-1)19-26-25-15-17-27(18-16-25)20-22-11-13-24(14-12-22)23-9-5-2-6-10-23/h1-9,11-14,25-26H,15-20H2. The van der Waals surface area contributed by atoms with E-state index in [4.69, 9.17) is 0 Å². The Balaban J connectivity index is 1.24. The van der Waals surface area contributed by atoms with Crippen LogP contribution < -0.4 is 5.32 Å². The van der Waals surface area contributed by atoms with Crippen molar-refractivity contribution in [3.63, 3.8) is 0 Å². The molecule has 3 aromatic rings. The maximum atomic E-state index is 3.72. The average molecular weight is 356 g/mol. The van der Waals surface area contributed by atoms with E-state index in [1.54, 1.807) is 0 Å². The third kappa shape index (κ3) is 5.06. The summed E-state index contributed by atoms with van der Waals surface area (Å²) in [7, 11) is 0. The molecule has 1 aliphatic heterocycles. The number of nitrogens with zero attached hydrogens (tertiary/aromatic N) is 1. The molecule has 1 N–H and O–H groups in total. The molecule has 0 atom stereocenters. The van der Waals surface area contributed by atoms with Gasteiger partial charge in [0.05, 0.1) is 0 Å². The van der Waals surface area contributed by atoms with Crippen LogP contribution in [0.15, 0.2) is 78.9 Å². The van der Waals surface area contributed by atoms with Crippen molar-refractivity contribution < 1.29 is 0 Å². The number of nitrogens with one attached hydrogen (secondary N) is 1. The normalized spacial score (nSPS) is 15.7. The SMILES string of the molecule is [c]1ccccc1-c1ccc(CN2CCC(NCc3ccccc3)CC2)cc1. The van der Waals surface area contributed by atoms with Crippen LogP contribution in [0, 0.1) is 6.07 Å². The van der Waals surface area contributed by atoms with Gasteiger partial charge in [0.2, 0.25) is 0 Å². The van der Waals surface area contributed by atoms with E-state index >= 15 is 0 Å². The van der Waals surface area contributed by atoms with Gasteiger partial charge in [-0.05, 0) is 54.3 Å². The summed E-state index contributed by atoms with van der Waals surface area (Å²) in [5.41, 5.74) is 5.17. The molecule has 0 aromatic heterocycles. The second-order valence-corrected chi connectivity index (χ2v) is 7.39. The summed E-state index contributed by atoms with van der Waals surface area (Å²) in [6, 6.07) is 31.7. The molecule has 2 nitrogen and oxygen atoms in total. The third-order valence-corrected chi connectivity index (χ3v) is 5.41. The molecule has 27 heavy (non-hydrogen) atoms. The minimum absolute atomic E-state index is 0.637. The van der Waals surface area contributed by atoms with Gasteiger partial charge in [-0.3, -0.25) is 4.90 Å². The summed E-state index contributed by atoms with van der Waals surface area (Å²) in [6.07, 6.45) is 2.45. The summed E-state index contributed by atoms with van der Waals surface area (Å²) in [4.78, 5) is 2.57. The lowest BCUT2D eigenvalue weighted by atomic mass is 10.0. The summed E-state index contributed by atoms with van der Waals surface area (Å²) >= 11 is 0. The monoisotopic (exact) mass is 355 g/mol. The zero-order chi connectivity index (χ0) is 18.3. The first kappa shape index (κ1) is 18.0. The Bertz CT molecular complexity index is 804. The number of hydrogen-bond donors (Lipinski definition) is 1. The lowest BCUT2D eigenvalue weighted by molar-refractivity contribution is 0.190. The average Bonchev–Trinajstić information content (AvgIpc) is 2.75. The first-order valence-corrected chi connectivity index (χ1v) is 9.92. The predicted molar refractivity (Wildman–Crippen MR) is 112 cm³/mol. The van der Waals surface area contributed by atoms with Crippen molar-refractivity contribution in [3.8, 4) is 11.1 Å². The molecule has 1 fully saturated rings. The summed E-state index contributed by atoms with van der Waals surface area (Å²) in [5.74, 6) is 0. The van der Waals surface area contributed by atoms with Gasteiger partial charge in [0.15, 0.2) is 0 Å². The van der Waals surface area contributed by atoms with E-state index in [9.17, 15) is 0 Å².